The van der Waals surface area contributed by atoms with Crippen LogP contribution in [0.3, 0.4) is 0 Å². The van der Waals surface area contributed by atoms with Crippen LogP contribution in [0.2, 0.25) is 0 Å². The van der Waals surface area contributed by atoms with Crippen LogP contribution in [0, 0.1) is 0 Å². The van der Waals surface area contributed by atoms with Crippen molar-refractivity contribution in [1.82, 2.24) is 10.6 Å². The van der Waals surface area contributed by atoms with Gasteiger partial charge in [-0.3, -0.25) is 9.59 Å². The molecule has 0 aliphatic carbocycles. The zero-order valence-corrected chi connectivity index (χ0v) is 12.0. The molecule has 4 N–H and O–H groups in total. The van der Waals surface area contributed by atoms with Gasteiger partial charge < -0.3 is 25.6 Å². The maximum atomic E-state index is 11.0. The molecule has 0 aromatic heterocycles. The summed E-state index contributed by atoms with van der Waals surface area (Å²) >= 11 is 1.03. The molecule has 2 atom stereocenters. The second kappa shape index (κ2) is 8.54. The summed E-state index contributed by atoms with van der Waals surface area (Å²) in [5, 5.41) is 22.7. The van der Waals surface area contributed by atoms with E-state index in [2.05, 4.69) is 10.6 Å². The van der Waals surface area contributed by atoms with Crippen molar-refractivity contribution in [3.8, 4) is 0 Å². The number of amides is 2. The quantitative estimate of drug-likeness (QED) is 0.376. The Hall–Kier alpha value is -1.61. The van der Waals surface area contributed by atoms with Gasteiger partial charge in [0.15, 0.2) is 0 Å². The molecule has 0 spiro atoms. The van der Waals surface area contributed by atoms with Crippen molar-refractivity contribution in [1.29, 1.82) is 0 Å². The van der Waals surface area contributed by atoms with E-state index in [1.807, 2.05) is 0 Å². The molecule has 0 rings (SSSR count). The number of thioether (sulfide) groups is 1. The number of nitrogens with one attached hydrogen (secondary N) is 2. The third kappa shape index (κ3) is 6.53. The highest BCUT2D eigenvalue weighted by Crippen LogP contribution is 2.13. The summed E-state index contributed by atoms with van der Waals surface area (Å²) in [6.45, 7) is 1.80. The summed E-state index contributed by atoms with van der Waals surface area (Å²) in [5.41, 5.74) is -1.45. The van der Waals surface area contributed by atoms with E-state index in [4.69, 9.17) is 5.11 Å². The van der Waals surface area contributed by atoms with Crippen LogP contribution in [0.15, 0.2) is 0 Å². The Morgan fingerprint density at radius 1 is 1.30 bits per heavy atom. The summed E-state index contributed by atoms with van der Waals surface area (Å²) in [7, 11) is 0. The van der Waals surface area contributed by atoms with Crippen LogP contribution in [0.1, 0.15) is 13.8 Å². The van der Waals surface area contributed by atoms with Crippen molar-refractivity contribution >= 4 is 35.8 Å². The first-order valence-electron chi connectivity index (χ1n) is 5.70. The van der Waals surface area contributed by atoms with Crippen LogP contribution >= 0.6 is 11.8 Å². The predicted octanol–water partition coefficient (Wildman–Crippen LogP) is -1.62. The van der Waals surface area contributed by atoms with Gasteiger partial charge in [-0.15, -0.1) is 0 Å². The summed E-state index contributed by atoms with van der Waals surface area (Å²) in [6, 6.07) is -1.10. The number of aliphatic carboxylic acids is 1. The van der Waals surface area contributed by atoms with E-state index in [1.54, 1.807) is 0 Å². The van der Waals surface area contributed by atoms with Gasteiger partial charge in [-0.25, -0.2) is 4.79 Å². The number of carbonyl (C=O) groups excluding carboxylic acids is 3. The first kappa shape index (κ1) is 18.4. The van der Waals surface area contributed by atoms with Gasteiger partial charge in [0, 0.05) is 25.4 Å². The van der Waals surface area contributed by atoms with Crippen LogP contribution in [0.5, 0.6) is 0 Å². The van der Waals surface area contributed by atoms with Gasteiger partial charge in [0.25, 0.3) is 0 Å². The lowest BCUT2D eigenvalue weighted by Crippen LogP contribution is -2.54. The van der Waals surface area contributed by atoms with Gasteiger partial charge in [-0.1, -0.05) is 0 Å². The van der Waals surface area contributed by atoms with Crippen molar-refractivity contribution in [3.63, 3.8) is 0 Å². The summed E-state index contributed by atoms with van der Waals surface area (Å²) in [5.74, 6) is -2.17. The number of carboxylic acids is 1. The van der Waals surface area contributed by atoms with Gasteiger partial charge in [0.05, 0.1) is 6.61 Å². The van der Waals surface area contributed by atoms with Crippen LogP contribution in [0.25, 0.3) is 0 Å². The van der Waals surface area contributed by atoms with Gasteiger partial charge >= 0.3 is 5.97 Å². The molecule has 2 amide bonds. The van der Waals surface area contributed by atoms with Crippen molar-refractivity contribution in [2.75, 3.05) is 18.1 Å². The topological polar surface area (TPSA) is 133 Å². The molecule has 2 unspecified atom stereocenters. The number of aliphatic hydroxyl groups is 1. The number of aldehydes is 1. The molecule has 0 radical (unpaired) electrons. The molecule has 8 nitrogen and oxygen atoms in total. The average molecular weight is 306 g/mol. The highest BCUT2D eigenvalue weighted by atomic mass is 32.2. The zero-order chi connectivity index (χ0) is 15.8. The third-order valence-corrected chi connectivity index (χ3v) is 3.54. The number of carboxylic acid groups (broad SMARTS) is 1. The molecular formula is C11H18N2O6S. The maximum Gasteiger partial charge on any atom is 0.327 e. The fraction of sp³-hybridized carbons (Fsp3) is 0.636. The van der Waals surface area contributed by atoms with E-state index in [0.717, 1.165) is 11.8 Å². The molecule has 0 saturated carbocycles. The monoisotopic (exact) mass is 306 g/mol. The van der Waals surface area contributed by atoms with Gasteiger partial charge in [0.1, 0.15) is 17.9 Å². The minimum atomic E-state index is -1.45. The Balaban J connectivity index is 4.54. The van der Waals surface area contributed by atoms with Crippen molar-refractivity contribution in [3.05, 3.63) is 0 Å². The van der Waals surface area contributed by atoms with E-state index >= 15 is 0 Å². The molecule has 0 aliphatic heterocycles. The predicted molar refractivity (Wildman–Crippen MR) is 72.3 cm³/mol. The SMILES string of the molecule is CC(=O)NC(CSCC(C=O)(CO)NC(C)=O)C(=O)O. The lowest BCUT2D eigenvalue weighted by molar-refractivity contribution is -0.140. The van der Waals surface area contributed by atoms with E-state index in [0.29, 0.717) is 6.29 Å². The Morgan fingerprint density at radius 3 is 2.25 bits per heavy atom. The molecule has 0 aliphatic rings. The Labute approximate surface area is 120 Å². The summed E-state index contributed by atoms with van der Waals surface area (Å²) in [6.07, 6.45) is 0.412. The first-order valence-corrected chi connectivity index (χ1v) is 6.85. The van der Waals surface area contributed by atoms with Crippen LogP contribution < -0.4 is 10.6 Å². The number of hydrogen-bond donors (Lipinski definition) is 4. The van der Waals surface area contributed by atoms with Gasteiger partial charge in [-0.2, -0.15) is 11.8 Å². The largest absolute Gasteiger partial charge is 0.480 e. The Bertz CT molecular complexity index is 389. The smallest absolute Gasteiger partial charge is 0.327 e. The zero-order valence-electron chi connectivity index (χ0n) is 11.2. The average Bonchev–Trinajstić information content (AvgIpc) is 2.35. The maximum absolute atomic E-state index is 11.0. The lowest BCUT2D eigenvalue weighted by Gasteiger charge is -2.26. The fourth-order valence-corrected chi connectivity index (χ4v) is 2.53. The Kier molecular flexibility index (Phi) is 7.85. The first-order chi connectivity index (χ1) is 9.26. The third-order valence-electron chi connectivity index (χ3n) is 2.25. The number of hydrogen-bond acceptors (Lipinski definition) is 6. The van der Waals surface area contributed by atoms with E-state index in [1.165, 1.54) is 13.8 Å². The molecule has 0 fully saturated rings. The van der Waals surface area contributed by atoms with Crippen LogP contribution in [0.4, 0.5) is 0 Å². The van der Waals surface area contributed by atoms with Crippen molar-refractivity contribution in [2.45, 2.75) is 25.4 Å². The van der Waals surface area contributed by atoms with Crippen molar-refractivity contribution in [2.24, 2.45) is 0 Å². The minimum Gasteiger partial charge on any atom is -0.480 e. The van der Waals surface area contributed by atoms with Crippen LogP contribution in [-0.2, 0) is 19.2 Å². The second-order valence-electron chi connectivity index (χ2n) is 4.22. The summed E-state index contributed by atoms with van der Waals surface area (Å²) in [4.78, 5) is 43.7. The summed E-state index contributed by atoms with van der Waals surface area (Å²) < 4.78 is 0. The fourth-order valence-electron chi connectivity index (χ4n) is 1.35. The molecule has 0 saturated heterocycles. The number of rotatable bonds is 9. The minimum absolute atomic E-state index is 0.00402. The standard InChI is InChI=1S/C11H18N2O6S/c1-7(16)12-9(10(18)19)3-20-6-11(4-14,5-15)13-8(2)17/h4,9,15H,3,5-6H2,1-2H3,(H,12,16)(H,13,17)(H,18,19). The second-order valence-corrected chi connectivity index (χ2v) is 5.25. The highest BCUT2D eigenvalue weighted by Gasteiger charge is 2.31. The number of aliphatic hydroxyl groups excluding tert-OH is 1. The molecular weight excluding hydrogens is 288 g/mol. The lowest BCUT2D eigenvalue weighted by atomic mass is 10.1. The van der Waals surface area contributed by atoms with E-state index < -0.39 is 36.0 Å². The normalized spacial score (nSPS) is 14.8. The Morgan fingerprint density at radius 2 is 1.90 bits per heavy atom. The van der Waals surface area contributed by atoms with E-state index in [-0.39, 0.29) is 11.5 Å². The van der Waals surface area contributed by atoms with Crippen molar-refractivity contribution < 1.29 is 29.4 Å². The molecule has 9 heteroatoms. The van der Waals surface area contributed by atoms with E-state index in [9.17, 15) is 24.3 Å². The molecule has 114 valence electrons. The molecule has 20 heavy (non-hydrogen) atoms. The molecule has 0 heterocycles. The highest BCUT2D eigenvalue weighted by molar-refractivity contribution is 7.99. The molecule has 0 aromatic carbocycles. The van der Waals surface area contributed by atoms with Crippen LogP contribution in [-0.4, -0.2) is 64.0 Å². The number of carbonyl (C=O) groups is 4. The molecule has 0 aromatic rings. The van der Waals surface area contributed by atoms with Gasteiger partial charge in [-0.05, 0) is 0 Å². The molecule has 0 bridgehead atoms. The van der Waals surface area contributed by atoms with Gasteiger partial charge in [0.2, 0.25) is 11.8 Å².